The summed E-state index contributed by atoms with van der Waals surface area (Å²) < 4.78 is 0. The van der Waals surface area contributed by atoms with Crippen molar-refractivity contribution in [3.63, 3.8) is 0 Å². The van der Waals surface area contributed by atoms with Crippen molar-refractivity contribution in [2.75, 3.05) is 6.54 Å². The summed E-state index contributed by atoms with van der Waals surface area (Å²) in [5.41, 5.74) is 4.49. The Balaban J connectivity index is 2.46. The van der Waals surface area contributed by atoms with E-state index in [-0.39, 0.29) is 17.7 Å². The molecule has 1 rings (SSSR count). The number of rotatable bonds is 5. The topological polar surface area (TPSA) is 92.4 Å². The van der Waals surface area contributed by atoms with Gasteiger partial charge in [0.25, 0.3) is 0 Å². The summed E-state index contributed by atoms with van der Waals surface area (Å²) in [5.74, 6) is -1.04. The molecule has 1 amide bonds. The van der Waals surface area contributed by atoms with E-state index in [9.17, 15) is 9.59 Å². The molecule has 0 heterocycles. The van der Waals surface area contributed by atoms with Crippen molar-refractivity contribution in [1.29, 1.82) is 0 Å². The third-order valence-electron chi connectivity index (χ3n) is 3.15. The number of nitrogens with one attached hydrogen (secondary N) is 1. The lowest BCUT2D eigenvalue weighted by atomic mass is 9.66. The Morgan fingerprint density at radius 1 is 1.44 bits per heavy atom. The van der Waals surface area contributed by atoms with Crippen molar-refractivity contribution in [1.82, 2.24) is 5.32 Å². The second-order valence-corrected chi connectivity index (χ2v) is 5.33. The lowest BCUT2D eigenvalue weighted by Gasteiger charge is -2.41. The van der Waals surface area contributed by atoms with Crippen LogP contribution in [-0.2, 0) is 9.59 Å². The number of aliphatic carboxylic acids is 1. The van der Waals surface area contributed by atoms with Gasteiger partial charge < -0.3 is 16.2 Å². The van der Waals surface area contributed by atoms with Gasteiger partial charge in [0.1, 0.15) is 0 Å². The second kappa shape index (κ2) is 4.41. The fourth-order valence-corrected chi connectivity index (χ4v) is 1.91. The molecule has 0 aliphatic heterocycles. The van der Waals surface area contributed by atoms with Crippen LogP contribution in [0, 0.1) is 5.41 Å². The van der Waals surface area contributed by atoms with Gasteiger partial charge in [-0.3, -0.25) is 9.59 Å². The molecule has 5 heteroatoms. The minimum atomic E-state index is -0.909. The zero-order valence-electron chi connectivity index (χ0n) is 9.88. The normalized spacial score (nSPS) is 18.7. The molecule has 5 nitrogen and oxygen atoms in total. The Bertz CT molecular complexity index is 290. The van der Waals surface area contributed by atoms with Crippen molar-refractivity contribution in [3.8, 4) is 0 Å². The highest BCUT2D eigenvalue weighted by Gasteiger charge is 2.39. The molecule has 16 heavy (non-hydrogen) atoms. The average molecular weight is 228 g/mol. The van der Waals surface area contributed by atoms with Crippen molar-refractivity contribution in [2.45, 2.75) is 45.1 Å². The van der Waals surface area contributed by atoms with E-state index in [0.717, 1.165) is 19.3 Å². The van der Waals surface area contributed by atoms with Gasteiger partial charge in [-0.05, 0) is 32.1 Å². The Morgan fingerprint density at radius 2 is 2.00 bits per heavy atom. The summed E-state index contributed by atoms with van der Waals surface area (Å²) in [6, 6.07) is 0. The molecule has 92 valence electrons. The van der Waals surface area contributed by atoms with Gasteiger partial charge in [0.2, 0.25) is 5.91 Å². The first kappa shape index (κ1) is 13.0. The molecule has 0 atom stereocenters. The summed E-state index contributed by atoms with van der Waals surface area (Å²) in [6.45, 7) is 3.68. The van der Waals surface area contributed by atoms with Crippen LogP contribution in [0.5, 0.6) is 0 Å². The van der Waals surface area contributed by atoms with E-state index in [1.165, 1.54) is 0 Å². The number of carboxylic acid groups (broad SMARTS) is 1. The highest BCUT2D eigenvalue weighted by Crippen LogP contribution is 2.43. The smallest absolute Gasteiger partial charge is 0.303 e. The van der Waals surface area contributed by atoms with Crippen LogP contribution in [0.1, 0.15) is 39.5 Å². The van der Waals surface area contributed by atoms with Gasteiger partial charge in [-0.15, -0.1) is 0 Å². The van der Waals surface area contributed by atoms with Gasteiger partial charge >= 0.3 is 5.97 Å². The molecule has 1 fully saturated rings. The molecule has 0 aromatic rings. The Labute approximate surface area is 95.4 Å². The minimum absolute atomic E-state index is 0.123. The van der Waals surface area contributed by atoms with Crippen molar-refractivity contribution in [2.24, 2.45) is 11.1 Å². The summed E-state index contributed by atoms with van der Waals surface area (Å²) in [5, 5.41) is 11.5. The van der Waals surface area contributed by atoms with Gasteiger partial charge in [0.05, 0.1) is 12.0 Å². The first-order valence-electron chi connectivity index (χ1n) is 5.54. The molecule has 4 N–H and O–H groups in total. The zero-order chi connectivity index (χ0) is 12.4. The first-order valence-corrected chi connectivity index (χ1v) is 5.54. The minimum Gasteiger partial charge on any atom is -0.481 e. The molecule has 1 aliphatic carbocycles. The predicted octanol–water partition coefficient (Wildman–Crippen LogP) is 0.485. The number of hydrogen-bond acceptors (Lipinski definition) is 3. The lowest BCUT2D eigenvalue weighted by Crippen LogP contribution is -2.53. The van der Waals surface area contributed by atoms with Crippen LogP contribution >= 0.6 is 0 Å². The highest BCUT2D eigenvalue weighted by molar-refractivity contribution is 5.85. The maximum absolute atomic E-state index is 11.6. The molecule has 0 bridgehead atoms. The van der Waals surface area contributed by atoms with Crippen LogP contribution in [0.15, 0.2) is 0 Å². The zero-order valence-corrected chi connectivity index (χ0v) is 9.88. The maximum Gasteiger partial charge on any atom is 0.303 e. The molecule has 0 unspecified atom stereocenters. The number of nitrogens with two attached hydrogens (primary N) is 1. The van der Waals surface area contributed by atoms with E-state index in [4.69, 9.17) is 10.8 Å². The summed E-state index contributed by atoms with van der Waals surface area (Å²) in [6.07, 6.45) is 2.89. The van der Waals surface area contributed by atoms with Gasteiger partial charge in [-0.2, -0.15) is 0 Å². The van der Waals surface area contributed by atoms with Crippen LogP contribution < -0.4 is 11.1 Å². The van der Waals surface area contributed by atoms with Crippen LogP contribution in [0.3, 0.4) is 0 Å². The molecule has 0 aromatic heterocycles. The third-order valence-corrected chi connectivity index (χ3v) is 3.15. The van der Waals surface area contributed by atoms with E-state index in [1.807, 2.05) is 0 Å². The molecule has 0 saturated heterocycles. The quantitative estimate of drug-likeness (QED) is 0.638. The third kappa shape index (κ3) is 3.20. The average Bonchev–Trinajstić information content (AvgIpc) is 2.06. The fraction of sp³-hybridized carbons (Fsp3) is 0.818. The summed E-state index contributed by atoms with van der Waals surface area (Å²) in [7, 11) is 0. The predicted molar refractivity (Wildman–Crippen MR) is 59.8 cm³/mol. The van der Waals surface area contributed by atoms with E-state index >= 15 is 0 Å². The SMILES string of the molecule is CC(C)(N)C(=O)NCC1(CC(=O)O)CCC1. The Morgan fingerprint density at radius 3 is 2.31 bits per heavy atom. The summed E-state index contributed by atoms with van der Waals surface area (Å²) in [4.78, 5) is 22.3. The number of carboxylic acids is 1. The van der Waals surface area contributed by atoms with Gasteiger partial charge in [0.15, 0.2) is 0 Å². The molecule has 0 radical (unpaired) electrons. The number of hydrogen-bond donors (Lipinski definition) is 3. The second-order valence-electron chi connectivity index (χ2n) is 5.33. The molecule has 0 spiro atoms. The molecule has 0 aromatic carbocycles. The largest absolute Gasteiger partial charge is 0.481 e. The van der Waals surface area contributed by atoms with Crippen LogP contribution in [-0.4, -0.2) is 29.1 Å². The van der Waals surface area contributed by atoms with Gasteiger partial charge in [0, 0.05) is 6.54 Å². The van der Waals surface area contributed by atoms with Crippen LogP contribution in [0.4, 0.5) is 0 Å². The lowest BCUT2D eigenvalue weighted by molar-refractivity contribution is -0.142. The molecule has 1 aliphatic rings. The Kier molecular flexibility index (Phi) is 3.57. The molecular weight excluding hydrogens is 208 g/mol. The molecule has 1 saturated carbocycles. The number of carbonyl (C=O) groups is 2. The number of carbonyl (C=O) groups excluding carboxylic acids is 1. The first-order chi connectivity index (χ1) is 7.25. The maximum atomic E-state index is 11.6. The Hall–Kier alpha value is -1.10. The van der Waals surface area contributed by atoms with E-state index in [1.54, 1.807) is 13.8 Å². The number of amides is 1. The standard InChI is InChI=1S/C11H20N2O3/c1-10(2,12)9(16)13-7-11(4-3-5-11)6-8(14)15/h3-7,12H2,1-2H3,(H,13,16)(H,14,15). The van der Waals surface area contributed by atoms with E-state index in [0.29, 0.717) is 6.54 Å². The van der Waals surface area contributed by atoms with Crippen molar-refractivity contribution in [3.05, 3.63) is 0 Å². The monoisotopic (exact) mass is 228 g/mol. The van der Waals surface area contributed by atoms with Crippen LogP contribution in [0.25, 0.3) is 0 Å². The van der Waals surface area contributed by atoms with Gasteiger partial charge in [-0.1, -0.05) is 6.42 Å². The van der Waals surface area contributed by atoms with Crippen LogP contribution in [0.2, 0.25) is 0 Å². The van der Waals surface area contributed by atoms with E-state index < -0.39 is 11.5 Å². The van der Waals surface area contributed by atoms with Crippen molar-refractivity contribution < 1.29 is 14.7 Å². The van der Waals surface area contributed by atoms with E-state index in [2.05, 4.69) is 5.32 Å². The fourth-order valence-electron chi connectivity index (χ4n) is 1.91. The van der Waals surface area contributed by atoms with Crippen molar-refractivity contribution >= 4 is 11.9 Å². The highest BCUT2D eigenvalue weighted by atomic mass is 16.4. The summed E-state index contributed by atoms with van der Waals surface area (Å²) >= 11 is 0. The molecular formula is C11H20N2O3. The van der Waals surface area contributed by atoms with Gasteiger partial charge in [-0.25, -0.2) is 0 Å².